The molecule has 0 heterocycles. The molecule has 6 heteroatoms. The third-order valence-electron chi connectivity index (χ3n) is 3.89. The molecule has 0 bridgehead atoms. The minimum absolute atomic E-state index is 0.118. The average molecular weight is 419 g/mol. The van der Waals surface area contributed by atoms with Gasteiger partial charge in [0, 0.05) is 22.9 Å². The molecule has 0 aliphatic carbocycles. The monoisotopic (exact) mass is 418 g/mol. The minimum atomic E-state index is -0.231. The van der Waals surface area contributed by atoms with Crippen LogP contribution in [0.3, 0.4) is 0 Å². The van der Waals surface area contributed by atoms with Crippen LogP contribution < -0.4 is 15.4 Å². The third-order valence-corrected chi connectivity index (χ3v) is 4.51. The molecule has 0 aromatic heterocycles. The molecule has 0 spiro atoms. The van der Waals surface area contributed by atoms with E-state index >= 15 is 0 Å². The van der Waals surface area contributed by atoms with Gasteiger partial charge in [0.25, 0.3) is 11.8 Å². The molecule has 1 unspecified atom stereocenters. The second-order valence-electron chi connectivity index (χ2n) is 5.89. The third kappa shape index (κ3) is 5.33. The van der Waals surface area contributed by atoms with E-state index in [-0.39, 0.29) is 17.9 Å². The van der Waals surface area contributed by atoms with Crippen molar-refractivity contribution in [3.8, 4) is 5.75 Å². The quantitative estimate of drug-likeness (QED) is 0.688. The first kappa shape index (κ1) is 20.0. The molecule has 0 radical (unpaired) electrons. The van der Waals surface area contributed by atoms with Gasteiger partial charge in [0.15, 0.2) is 0 Å². The molecular formula is C20H23BrN2O3. The predicted molar refractivity (Wildman–Crippen MR) is 107 cm³/mol. The van der Waals surface area contributed by atoms with Crippen LogP contribution in [0.5, 0.6) is 5.75 Å². The summed E-state index contributed by atoms with van der Waals surface area (Å²) in [5.74, 6) is 0.346. The zero-order valence-corrected chi connectivity index (χ0v) is 16.7. The van der Waals surface area contributed by atoms with Crippen molar-refractivity contribution < 1.29 is 14.3 Å². The Morgan fingerprint density at radius 2 is 1.69 bits per heavy atom. The fourth-order valence-electron chi connectivity index (χ4n) is 2.23. The summed E-state index contributed by atoms with van der Waals surface area (Å²) >= 11 is 3.40. The topological polar surface area (TPSA) is 67.4 Å². The smallest absolute Gasteiger partial charge is 0.255 e. The van der Waals surface area contributed by atoms with Gasteiger partial charge in [-0.05, 0) is 78.7 Å². The highest BCUT2D eigenvalue weighted by Crippen LogP contribution is 2.26. The van der Waals surface area contributed by atoms with E-state index in [0.29, 0.717) is 29.2 Å². The fraction of sp³-hybridized carbons (Fsp3) is 0.300. The first-order valence-corrected chi connectivity index (χ1v) is 9.38. The van der Waals surface area contributed by atoms with Gasteiger partial charge >= 0.3 is 0 Å². The Kier molecular flexibility index (Phi) is 7.21. The van der Waals surface area contributed by atoms with E-state index in [0.717, 1.165) is 10.9 Å². The summed E-state index contributed by atoms with van der Waals surface area (Å²) in [7, 11) is 0. The summed E-state index contributed by atoms with van der Waals surface area (Å²) in [6, 6.07) is 12.1. The number of nitrogens with one attached hydrogen (secondary N) is 2. The number of hydrogen-bond acceptors (Lipinski definition) is 3. The van der Waals surface area contributed by atoms with E-state index in [4.69, 9.17) is 4.74 Å². The Balaban J connectivity index is 2.03. The lowest BCUT2D eigenvalue weighted by molar-refractivity contribution is 0.0938. The van der Waals surface area contributed by atoms with Crippen LogP contribution in [-0.2, 0) is 0 Å². The SMILES string of the molecule is CCOc1ccc(C(=O)Nc2ccc(C(=O)NC(C)CC)cc2)cc1Br. The molecule has 26 heavy (non-hydrogen) atoms. The molecular weight excluding hydrogens is 396 g/mol. The molecule has 2 rings (SSSR count). The summed E-state index contributed by atoms with van der Waals surface area (Å²) in [4.78, 5) is 24.5. The van der Waals surface area contributed by atoms with E-state index < -0.39 is 0 Å². The molecule has 2 N–H and O–H groups in total. The molecule has 2 amide bonds. The number of carbonyl (C=O) groups excluding carboxylic acids is 2. The maximum atomic E-state index is 12.4. The van der Waals surface area contributed by atoms with E-state index in [2.05, 4.69) is 26.6 Å². The number of amides is 2. The van der Waals surface area contributed by atoms with Crippen LogP contribution in [0.4, 0.5) is 5.69 Å². The molecule has 0 fully saturated rings. The number of anilines is 1. The second-order valence-corrected chi connectivity index (χ2v) is 6.75. The maximum absolute atomic E-state index is 12.4. The summed E-state index contributed by atoms with van der Waals surface area (Å²) in [6.45, 7) is 6.44. The van der Waals surface area contributed by atoms with Crippen molar-refractivity contribution in [1.29, 1.82) is 0 Å². The standard InChI is InChI=1S/C20H23BrN2O3/c1-4-13(3)22-19(24)14-6-9-16(10-7-14)23-20(25)15-8-11-18(26-5-2)17(21)12-15/h6-13H,4-5H2,1-3H3,(H,22,24)(H,23,25). The fourth-order valence-corrected chi connectivity index (χ4v) is 2.73. The number of hydrogen-bond donors (Lipinski definition) is 2. The number of halogens is 1. The van der Waals surface area contributed by atoms with Crippen molar-refractivity contribution in [3.63, 3.8) is 0 Å². The maximum Gasteiger partial charge on any atom is 0.255 e. The molecule has 0 aliphatic rings. The Bertz CT molecular complexity index is 775. The van der Waals surface area contributed by atoms with Crippen molar-refractivity contribution in [2.45, 2.75) is 33.2 Å². The first-order valence-electron chi connectivity index (χ1n) is 8.59. The van der Waals surface area contributed by atoms with Crippen LogP contribution in [0.1, 0.15) is 47.9 Å². The largest absolute Gasteiger partial charge is 0.493 e. The molecule has 2 aromatic rings. The lowest BCUT2D eigenvalue weighted by Gasteiger charge is -2.12. The molecule has 1 atom stereocenters. The summed E-state index contributed by atoms with van der Waals surface area (Å²) < 4.78 is 6.17. The zero-order valence-electron chi connectivity index (χ0n) is 15.1. The summed E-state index contributed by atoms with van der Waals surface area (Å²) in [5, 5.41) is 5.73. The van der Waals surface area contributed by atoms with Crippen molar-refractivity contribution >= 4 is 33.4 Å². The molecule has 138 valence electrons. The average Bonchev–Trinajstić information content (AvgIpc) is 2.63. The van der Waals surface area contributed by atoms with Gasteiger partial charge in [-0.2, -0.15) is 0 Å². The van der Waals surface area contributed by atoms with Crippen molar-refractivity contribution in [3.05, 3.63) is 58.1 Å². The van der Waals surface area contributed by atoms with Crippen molar-refractivity contribution in [1.82, 2.24) is 5.32 Å². The molecule has 0 saturated carbocycles. The Morgan fingerprint density at radius 1 is 1.04 bits per heavy atom. The van der Waals surface area contributed by atoms with Crippen LogP contribution in [0, 0.1) is 0 Å². The van der Waals surface area contributed by atoms with Gasteiger partial charge in [-0.25, -0.2) is 0 Å². The van der Waals surface area contributed by atoms with Gasteiger partial charge in [0.2, 0.25) is 0 Å². The van der Waals surface area contributed by atoms with Gasteiger partial charge in [-0.3, -0.25) is 9.59 Å². The van der Waals surface area contributed by atoms with Gasteiger partial charge in [0.1, 0.15) is 5.75 Å². The number of benzene rings is 2. The van der Waals surface area contributed by atoms with E-state index in [9.17, 15) is 9.59 Å². The lowest BCUT2D eigenvalue weighted by Crippen LogP contribution is -2.31. The second kappa shape index (κ2) is 9.38. The highest BCUT2D eigenvalue weighted by atomic mass is 79.9. The number of carbonyl (C=O) groups is 2. The number of rotatable bonds is 7. The number of ether oxygens (including phenoxy) is 1. The normalized spacial score (nSPS) is 11.5. The van der Waals surface area contributed by atoms with E-state index in [1.165, 1.54) is 0 Å². The first-order chi connectivity index (χ1) is 12.4. The van der Waals surface area contributed by atoms with Crippen molar-refractivity contribution in [2.75, 3.05) is 11.9 Å². The lowest BCUT2D eigenvalue weighted by atomic mass is 10.1. The Morgan fingerprint density at radius 3 is 2.27 bits per heavy atom. The van der Waals surface area contributed by atoms with Gasteiger partial charge < -0.3 is 15.4 Å². The Hall–Kier alpha value is -2.34. The molecule has 5 nitrogen and oxygen atoms in total. The summed E-state index contributed by atoms with van der Waals surface area (Å²) in [6.07, 6.45) is 0.873. The van der Waals surface area contributed by atoms with Gasteiger partial charge in [-0.15, -0.1) is 0 Å². The molecule has 2 aromatic carbocycles. The summed E-state index contributed by atoms with van der Waals surface area (Å²) in [5.41, 5.74) is 1.70. The molecule has 0 aliphatic heterocycles. The van der Waals surface area contributed by atoms with Crippen LogP contribution >= 0.6 is 15.9 Å². The minimum Gasteiger partial charge on any atom is -0.493 e. The predicted octanol–water partition coefficient (Wildman–Crippen LogP) is 4.63. The van der Waals surface area contributed by atoms with Crippen LogP contribution in [0.2, 0.25) is 0 Å². The van der Waals surface area contributed by atoms with E-state index in [1.54, 1.807) is 42.5 Å². The van der Waals surface area contributed by atoms with Crippen LogP contribution in [0.15, 0.2) is 46.9 Å². The van der Waals surface area contributed by atoms with Crippen LogP contribution in [-0.4, -0.2) is 24.5 Å². The molecule has 0 saturated heterocycles. The van der Waals surface area contributed by atoms with E-state index in [1.807, 2.05) is 20.8 Å². The van der Waals surface area contributed by atoms with Crippen LogP contribution in [0.25, 0.3) is 0 Å². The highest BCUT2D eigenvalue weighted by molar-refractivity contribution is 9.10. The van der Waals surface area contributed by atoms with Gasteiger partial charge in [0.05, 0.1) is 11.1 Å². The van der Waals surface area contributed by atoms with Gasteiger partial charge in [-0.1, -0.05) is 6.92 Å². The van der Waals surface area contributed by atoms with Crippen molar-refractivity contribution in [2.24, 2.45) is 0 Å². The Labute approximate surface area is 162 Å². The highest BCUT2D eigenvalue weighted by Gasteiger charge is 2.11. The zero-order chi connectivity index (χ0) is 19.1.